The van der Waals surface area contributed by atoms with Crippen LogP contribution in [-0.2, 0) is 0 Å². The molecule has 5 heteroatoms. The van der Waals surface area contributed by atoms with Crippen molar-refractivity contribution in [2.75, 3.05) is 0 Å². The summed E-state index contributed by atoms with van der Waals surface area (Å²) in [6, 6.07) is 61.6. The third-order valence-corrected chi connectivity index (χ3v) is 11.1. The first-order valence-corrected chi connectivity index (χ1v) is 18.3. The summed E-state index contributed by atoms with van der Waals surface area (Å²) in [5.41, 5.74) is 13.0. The summed E-state index contributed by atoms with van der Waals surface area (Å²) in [6.07, 6.45) is 0. The van der Waals surface area contributed by atoms with Gasteiger partial charge in [-0.15, -0.1) is 0 Å². The first-order valence-electron chi connectivity index (χ1n) is 18.3. The molecular weight excluding hydrogens is 671 g/mol. The number of aromatic nitrogens is 3. The molecule has 8 aromatic carbocycles. The van der Waals surface area contributed by atoms with Gasteiger partial charge in [-0.2, -0.15) is 0 Å². The fourth-order valence-electron chi connectivity index (χ4n) is 8.73. The Hall–Kier alpha value is -7.86. The van der Waals surface area contributed by atoms with Gasteiger partial charge < -0.3 is 13.7 Å². The monoisotopic (exact) mass is 699 g/mol. The van der Waals surface area contributed by atoms with Crippen molar-refractivity contribution >= 4 is 76.8 Å². The van der Waals surface area contributed by atoms with E-state index in [9.17, 15) is 0 Å². The Balaban J connectivity index is 1.14. The van der Waals surface area contributed by atoms with E-state index in [2.05, 4.69) is 157 Å². The van der Waals surface area contributed by atoms with E-state index in [1.165, 1.54) is 32.6 Å². The second-order valence-corrected chi connectivity index (χ2v) is 13.9. The van der Waals surface area contributed by atoms with Crippen LogP contribution in [0.25, 0.3) is 103 Å². The molecule has 55 heavy (non-hydrogen) atoms. The van der Waals surface area contributed by atoms with E-state index in [0.29, 0.717) is 11.4 Å². The van der Waals surface area contributed by atoms with Crippen molar-refractivity contribution in [3.05, 3.63) is 199 Å². The molecule has 0 unspecified atom stereocenters. The molecule has 3 heterocycles. The highest BCUT2D eigenvalue weighted by Crippen LogP contribution is 2.42. The summed E-state index contributed by atoms with van der Waals surface area (Å²) in [7, 11) is 0. The van der Waals surface area contributed by atoms with Gasteiger partial charge >= 0.3 is 0 Å². The fourth-order valence-corrected chi connectivity index (χ4v) is 8.73. The second kappa shape index (κ2) is 11.8. The highest BCUT2D eigenvalue weighted by molar-refractivity contribution is 6.15. The maximum absolute atomic E-state index is 7.90. The van der Waals surface area contributed by atoms with E-state index in [1.807, 2.05) is 42.5 Å². The van der Waals surface area contributed by atoms with Crippen LogP contribution >= 0.6 is 0 Å². The summed E-state index contributed by atoms with van der Waals surface area (Å²) < 4.78 is 7.05. The van der Waals surface area contributed by atoms with E-state index in [-0.39, 0.29) is 0 Å². The van der Waals surface area contributed by atoms with Crippen LogP contribution in [0.5, 0.6) is 0 Å². The van der Waals surface area contributed by atoms with Gasteiger partial charge in [0.2, 0.25) is 0 Å². The Bertz CT molecular complexity index is 3400. The topological polar surface area (TPSA) is 23.5 Å². The maximum atomic E-state index is 7.90. The fraction of sp³-hybridized carbons (Fsp3) is 0. The van der Waals surface area contributed by atoms with Crippen LogP contribution in [-0.4, -0.2) is 13.7 Å². The lowest BCUT2D eigenvalue weighted by Crippen LogP contribution is -2.01. The minimum atomic E-state index is 0.571. The van der Waals surface area contributed by atoms with E-state index in [0.717, 1.165) is 61.0 Å². The largest absolute Gasteiger partial charge is 0.310 e. The van der Waals surface area contributed by atoms with Crippen LogP contribution in [0.1, 0.15) is 0 Å². The van der Waals surface area contributed by atoms with Crippen molar-refractivity contribution in [1.29, 1.82) is 0 Å². The third-order valence-electron chi connectivity index (χ3n) is 11.1. The number of fused-ring (bicyclic) bond motifs is 9. The number of rotatable bonds is 4. The van der Waals surface area contributed by atoms with Gasteiger partial charge in [0.15, 0.2) is 11.4 Å². The molecule has 11 aromatic rings. The Labute approximate surface area is 316 Å². The first-order chi connectivity index (χ1) is 27.2. The van der Waals surface area contributed by atoms with Crippen LogP contribution in [0.15, 0.2) is 176 Å². The molecule has 11 rings (SSSR count). The summed E-state index contributed by atoms with van der Waals surface area (Å²) >= 11 is 0. The predicted molar refractivity (Wildman–Crippen MR) is 227 cm³/mol. The predicted octanol–water partition coefficient (Wildman–Crippen LogP) is 13.7. The van der Waals surface area contributed by atoms with Crippen LogP contribution in [0, 0.1) is 13.1 Å². The lowest BCUT2D eigenvalue weighted by molar-refractivity contribution is 1.13. The Morgan fingerprint density at radius 3 is 1.44 bits per heavy atom. The highest BCUT2D eigenvalue weighted by Gasteiger charge is 2.21. The molecule has 0 aliphatic heterocycles. The molecule has 0 saturated carbocycles. The molecule has 0 aliphatic rings. The molecule has 0 fully saturated rings. The summed E-state index contributed by atoms with van der Waals surface area (Å²) in [6.45, 7) is 15.5. The summed E-state index contributed by atoms with van der Waals surface area (Å²) in [5, 5.41) is 6.96. The maximum Gasteiger partial charge on any atom is 0.189 e. The van der Waals surface area contributed by atoms with Gasteiger partial charge in [-0.1, -0.05) is 115 Å². The second-order valence-electron chi connectivity index (χ2n) is 13.9. The Morgan fingerprint density at radius 1 is 0.345 bits per heavy atom. The van der Waals surface area contributed by atoms with Gasteiger partial charge in [0.25, 0.3) is 0 Å². The zero-order chi connectivity index (χ0) is 36.6. The third kappa shape index (κ3) is 4.45. The van der Waals surface area contributed by atoms with Crippen LogP contribution < -0.4 is 0 Å². The van der Waals surface area contributed by atoms with Gasteiger partial charge in [-0.25, -0.2) is 9.69 Å². The normalized spacial score (nSPS) is 11.6. The average molecular weight is 700 g/mol. The van der Waals surface area contributed by atoms with Crippen molar-refractivity contribution in [3.63, 3.8) is 0 Å². The summed E-state index contributed by atoms with van der Waals surface area (Å²) in [4.78, 5) is 7.54. The van der Waals surface area contributed by atoms with Crippen molar-refractivity contribution in [1.82, 2.24) is 13.7 Å². The minimum Gasteiger partial charge on any atom is -0.310 e. The number of para-hydroxylation sites is 5. The molecular formula is C50H29N5. The van der Waals surface area contributed by atoms with Gasteiger partial charge in [0.05, 0.1) is 51.9 Å². The minimum absolute atomic E-state index is 0.571. The van der Waals surface area contributed by atoms with Crippen LogP contribution in [0.2, 0.25) is 0 Å². The van der Waals surface area contributed by atoms with E-state index in [4.69, 9.17) is 13.1 Å². The van der Waals surface area contributed by atoms with Crippen molar-refractivity contribution in [2.45, 2.75) is 0 Å². The smallest absolute Gasteiger partial charge is 0.189 e. The van der Waals surface area contributed by atoms with Gasteiger partial charge in [-0.05, 0) is 71.6 Å². The SMILES string of the molecule is [C-]#[N+]c1ccc(-c2ccc(-n3c4ccccc4c4cccc(-n5c6ccccc6c6ccccc65)c43)cc2)c(-n2c3ccccc3c3cc([N+]#[C-])ccc32)c1. The van der Waals surface area contributed by atoms with Crippen LogP contribution in [0.3, 0.4) is 0 Å². The van der Waals surface area contributed by atoms with Gasteiger partial charge in [0.1, 0.15) is 0 Å². The molecule has 0 bridgehead atoms. The number of hydrogen-bond acceptors (Lipinski definition) is 0. The zero-order valence-electron chi connectivity index (χ0n) is 29.5. The molecule has 0 radical (unpaired) electrons. The molecule has 0 saturated heterocycles. The molecule has 5 nitrogen and oxygen atoms in total. The number of hydrogen-bond donors (Lipinski definition) is 0. The number of benzene rings is 8. The Morgan fingerprint density at radius 2 is 0.818 bits per heavy atom. The highest BCUT2D eigenvalue weighted by atomic mass is 15.1. The van der Waals surface area contributed by atoms with E-state index < -0.39 is 0 Å². The molecule has 0 spiro atoms. The van der Waals surface area contributed by atoms with Crippen molar-refractivity contribution in [3.8, 4) is 28.2 Å². The zero-order valence-corrected chi connectivity index (χ0v) is 29.5. The lowest BCUT2D eigenvalue weighted by atomic mass is 10.0. The molecule has 3 aromatic heterocycles. The first kappa shape index (κ1) is 30.7. The Kier molecular flexibility index (Phi) is 6.61. The molecule has 254 valence electrons. The molecule has 0 amide bonds. The van der Waals surface area contributed by atoms with Crippen molar-refractivity contribution < 1.29 is 0 Å². The quantitative estimate of drug-likeness (QED) is 0.163. The van der Waals surface area contributed by atoms with Gasteiger partial charge in [-0.3, -0.25) is 0 Å². The van der Waals surface area contributed by atoms with E-state index in [1.54, 1.807) is 0 Å². The molecule has 0 aliphatic carbocycles. The van der Waals surface area contributed by atoms with Crippen LogP contribution in [0.4, 0.5) is 11.4 Å². The van der Waals surface area contributed by atoms with Gasteiger partial charge in [0, 0.05) is 43.9 Å². The summed E-state index contributed by atoms with van der Waals surface area (Å²) in [5.74, 6) is 0. The molecule has 0 atom stereocenters. The average Bonchev–Trinajstić information content (AvgIpc) is 3.89. The lowest BCUT2D eigenvalue weighted by Gasteiger charge is -2.17. The molecule has 0 N–H and O–H groups in total. The van der Waals surface area contributed by atoms with Crippen molar-refractivity contribution in [2.24, 2.45) is 0 Å². The van der Waals surface area contributed by atoms with E-state index >= 15 is 0 Å². The number of nitrogens with zero attached hydrogens (tertiary/aromatic N) is 5. The standard InChI is InChI=1S/C50H29N5/c1-51-33-25-29-47-42(30-33)40-15-6-10-20-46(40)55(47)49-31-34(52-2)24-28-36(49)32-22-26-35(27-23-32)53-43-17-7-5-14-39(43)41-16-11-21-48(50(41)53)54-44-18-8-3-12-37(44)38-13-4-9-19-45(38)54/h3-31H.